The molecule has 0 aliphatic heterocycles. The van der Waals surface area contributed by atoms with E-state index in [-0.39, 0.29) is 10.0 Å². The summed E-state index contributed by atoms with van der Waals surface area (Å²) in [7, 11) is 0.656. The van der Waals surface area contributed by atoms with Crippen molar-refractivity contribution in [2.75, 3.05) is 7.11 Å². The molecule has 0 bridgehead atoms. The molecular formula is C15H10BrF13O. The molecule has 1 aromatic carbocycles. The maximum Gasteiger partial charge on any atom is 0.460 e. The summed E-state index contributed by atoms with van der Waals surface area (Å²) in [6, 6.07) is 4.68. The molecule has 0 spiro atoms. The molecule has 0 aliphatic rings. The third kappa shape index (κ3) is 4.10. The first-order valence-corrected chi connectivity index (χ1v) is 8.21. The second-order valence-electron chi connectivity index (χ2n) is 5.95. The average Bonchev–Trinajstić information content (AvgIpc) is 2.58. The lowest BCUT2D eigenvalue weighted by Crippen LogP contribution is -2.70. The van der Waals surface area contributed by atoms with Crippen LogP contribution < -0.4 is 0 Å². The first-order chi connectivity index (χ1) is 13.2. The molecule has 1 rings (SSSR count). The molecule has 1 nitrogen and oxygen atoms in total. The predicted octanol–water partition coefficient (Wildman–Crippen LogP) is 7.27. The molecule has 0 fully saturated rings. The van der Waals surface area contributed by atoms with Crippen LogP contribution in [0.4, 0.5) is 57.1 Å². The standard InChI is InChI=1S/C15H10BrF13O/c1-30-9(7-4-2-3-5-8(7)16)6-10(17,18)11(19,20)12(21,22)13(23,24)14(25,26)15(27,28)29/h2-5,9H,6H2,1H3. The van der Waals surface area contributed by atoms with Gasteiger partial charge in [0.2, 0.25) is 0 Å². The normalized spacial score (nSPS) is 16.0. The van der Waals surface area contributed by atoms with E-state index in [1.54, 1.807) is 0 Å². The zero-order valence-electron chi connectivity index (χ0n) is 14.3. The van der Waals surface area contributed by atoms with Gasteiger partial charge in [0.15, 0.2) is 0 Å². The smallest absolute Gasteiger partial charge is 0.376 e. The fourth-order valence-electron chi connectivity index (χ4n) is 2.22. The van der Waals surface area contributed by atoms with Crippen LogP contribution in [0.3, 0.4) is 0 Å². The number of alkyl halides is 13. The van der Waals surface area contributed by atoms with Crippen molar-refractivity contribution >= 4 is 15.9 Å². The lowest BCUT2D eigenvalue weighted by molar-refractivity contribution is -0.440. The van der Waals surface area contributed by atoms with Crippen LogP contribution in [0, 0.1) is 0 Å². The molecule has 0 radical (unpaired) electrons. The molecule has 0 amide bonds. The van der Waals surface area contributed by atoms with Crippen LogP contribution in [0.1, 0.15) is 18.1 Å². The van der Waals surface area contributed by atoms with Crippen molar-refractivity contribution in [1.82, 2.24) is 0 Å². The van der Waals surface area contributed by atoms with Gasteiger partial charge in [0, 0.05) is 18.0 Å². The average molecular weight is 533 g/mol. The Labute approximate surface area is 168 Å². The Balaban J connectivity index is 3.43. The van der Waals surface area contributed by atoms with Crippen LogP contribution >= 0.6 is 15.9 Å². The number of ether oxygens (including phenoxy) is 1. The molecule has 30 heavy (non-hydrogen) atoms. The minimum Gasteiger partial charge on any atom is -0.376 e. The number of methoxy groups -OCH3 is 1. The van der Waals surface area contributed by atoms with Crippen molar-refractivity contribution < 1.29 is 61.8 Å². The highest BCUT2D eigenvalue weighted by molar-refractivity contribution is 9.10. The van der Waals surface area contributed by atoms with E-state index in [1.807, 2.05) is 0 Å². The predicted molar refractivity (Wildman–Crippen MR) is 79.3 cm³/mol. The Hall–Kier alpha value is -1.25. The molecule has 0 aromatic heterocycles. The fraction of sp³-hybridized carbons (Fsp3) is 0.600. The van der Waals surface area contributed by atoms with Gasteiger partial charge in [-0.2, -0.15) is 57.1 Å². The maximum absolute atomic E-state index is 14.0. The van der Waals surface area contributed by atoms with Gasteiger partial charge in [0.25, 0.3) is 0 Å². The minimum atomic E-state index is -7.92. The zero-order chi connectivity index (χ0) is 24.0. The Bertz CT molecular complexity index is 744. The van der Waals surface area contributed by atoms with Crippen molar-refractivity contribution in [3.8, 4) is 0 Å². The van der Waals surface area contributed by atoms with Gasteiger partial charge in [0.05, 0.1) is 6.10 Å². The Morgan fingerprint density at radius 3 is 1.57 bits per heavy atom. The summed E-state index contributed by atoms with van der Waals surface area (Å²) >= 11 is 2.81. The molecule has 0 N–H and O–H groups in total. The lowest BCUT2D eigenvalue weighted by atomic mass is 9.90. The molecule has 1 unspecified atom stereocenters. The van der Waals surface area contributed by atoms with Crippen LogP contribution in [-0.4, -0.2) is 42.9 Å². The number of hydrogen-bond donors (Lipinski definition) is 0. The molecule has 0 saturated carbocycles. The molecule has 1 aromatic rings. The van der Waals surface area contributed by atoms with Crippen LogP contribution in [0.2, 0.25) is 0 Å². The molecule has 0 aliphatic carbocycles. The van der Waals surface area contributed by atoms with E-state index in [4.69, 9.17) is 0 Å². The third-order valence-electron chi connectivity index (χ3n) is 3.98. The van der Waals surface area contributed by atoms with Crippen molar-refractivity contribution in [2.24, 2.45) is 0 Å². The van der Waals surface area contributed by atoms with Crippen LogP contribution in [-0.2, 0) is 4.74 Å². The highest BCUT2D eigenvalue weighted by Crippen LogP contribution is 2.61. The minimum absolute atomic E-state index is 0.0586. The largest absolute Gasteiger partial charge is 0.460 e. The molecule has 15 heteroatoms. The highest BCUT2D eigenvalue weighted by Gasteiger charge is 2.90. The van der Waals surface area contributed by atoms with Crippen LogP contribution in [0.25, 0.3) is 0 Å². The maximum atomic E-state index is 14.0. The summed E-state index contributed by atoms with van der Waals surface area (Å²) in [5, 5.41) is 0. The number of hydrogen-bond acceptors (Lipinski definition) is 1. The molecular weight excluding hydrogens is 523 g/mol. The summed E-state index contributed by atoms with van der Waals surface area (Å²) in [6.45, 7) is 0. The van der Waals surface area contributed by atoms with Crippen molar-refractivity contribution in [3.63, 3.8) is 0 Å². The summed E-state index contributed by atoms with van der Waals surface area (Å²) in [6.07, 6.45) is -12.0. The second kappa shape index (κ2) is 8.02. The monoisotopic (exact) mass is 532 g/mol. The molecule has 1 atom stereocenters. The SMILES string of the molecule is COC(CC(F)(F)C(F)(F)C(F)(F)C(F)(F)C(F)(F)C(F)(F)F)c1ccccc1Br. The van der Waals surface area contributed by atoms with Crippen molar-refractivity contribution in [1.29, 1.82) is 0 Å². The number of benzene rings is 1. The van der Waals surface area contributed by atoms with E-state index in [9.17, 15) is 57.1 Å². The third-order valence-corrected chi connectivity index (χ3v) is 4.70. The lowest BCUT2D eigenvalue weighted by Gasteiger charge is -2.40. The van der Waals surface area contributed by atoms with E-state index in [0.29, 0.717) is 7.11 Å². The van der Waals surface area contributed by atoms with Crippen LogP contribution in [0.5, 0.6) is 0 Å². The van der Waals surface area contributed by atoms with E-state index in [2.05, 4.69) is 20.7 Å². The Morgan fingerprint density at radius 1 is 0.733 bits per heavy atom. The van der Waals surface area contributed by atoms with E-state index in [1.165, 1.54) is 18.2 Å². The van der Waals surface area contributed by atoms with Gasteiger partial charge in [0.1, 0.15) is 0 Å². The van der Waals surface area contributed by atoms with E-state index >= 15 is 0 Å². The first kappa shape index (κ1) is 26.8. The van der Waals surface area contributed by atoms with Crippen LogP contribution in [0.15, 0.2) is 28.7 Å². The van der Waals surface area contributed by atoms with Gasteiger partial charge >= 0.3 is 35.8 Å². The Kier molecular flexibility index (Phi) is 7.16. The van der Waals surface area contributed by atoms with E-state index in [0.717, 1.165) is 6.07 Å². The summed E-state index contributed by atoms with van der Waals surface area (Å²) < 4.78 is 175. The van der Waals surface area contributed by atoms with Gasteiger partial charge in [-0.3, -0.25) is 0 Å². The zero-order valence-corrected chi connectivity index (χ0v) is 15.9. The summed E-state index contributed by atoms with van der Waals surface area (Å²) in [4.78, 5) is 0. The van der Waals surface area contributed by atoms with Gasteiger partial charge in [-0.1, -0.05) is 34.1 Å². The number of halogens is 14. The fourth-order valence-corrected chi connectivity index (χ4v) is 2.76. The van der Waals surface area contributed by atoms with Gasteiger partial charge in [-0.25, -0.2) is 0 Å². The number of rotatable bonds is 8. The van der Waals surface area contributed by atoms with Crippen molar-refractivity contribution in [3.05, 3.63) is 34.3 Å². The second-order valence-corrected chi connectivity index (χ2v) is 6.80. The summed E-state index contributed by atoms with van der Waals surface area (Å²) in [5.41, 5.74) is -0.342. The summed E-state index contributed by atoms with van der Waals surface area (Å²) in [5.74, 6) is -37.0. The van der Waals surface area contributed by atoms with Gasteiger partial charge in [-0.15, -0.1) is 0 Å². The Morgan fingerprint density at radius 2 is 1.17 bits per heavy atom. The first-order valence-electron chi connectivity index (χ1n) is 7.42. The highest BCUT2D eigenvalue weighted by atomic mass is 79.9. The molecule has 174 valence electrons. The van der Waals surface area contributed by atoms with Crippen molar-refractivity contribution in [2.45, 2.75) is 48.3 Å². The molecule has 0 saturated heterocycles. The van der Waals surface area contributed by atoms with Gasteiger partial charge < -0.3 is 4.74 Å². The quantitative estimate of drug-likeness (QED) is 0.320. The van der Waals surface area contributed by atoms with E-state index < -0.39 is 48.3 Å². The van der Waals surface area contributed by atoms with Gasteiger partial charge in [-0.05, 0) is 11.6 Å². The topological polar surface area (TPSA) is 9.23 Å². The molecule has 0 heterocycles.